The van der Waals surface area contributed by atoms with Gasteiger partial charge in [0.1, 0.15) is 0 Å². The predicted octanol–water partition coefficient (Wildman–Crippen LogP) is 3.12. The fraction of sp³-hybridized carbons (Fsp3) is 0.611. The van der Waals surface area contributed by atoms with Gasteiger partial charge in [-0.2, -0.15) is 0 Å². The van der Waals surface area contributed by atoms with Crippen LogP contribution < -0.4 is 11.1 Å². The minimum Gasteiger partial charge on any atom is -0.379 e. The van der Waals surface area contributed by atoms with Crippen molar-refractivity contribution in [1.29, 1.82) is 0 Å². The summed E-state index contributed by atoms with van der Waals surface area (Å²) in [5.74, 6) is 1.47. The second-order valence-electron chi connectivity index (χ2n) is 6.65. The summed E-state index contributed by atoms with van der Waals surface area (Å²) >= 11 is 0. The van der Waals surface area contributed by atoms with Gasteiger partial charge in [0.05, 0.1) is 13.2 Å². The first-order chi connectivity index (χ1) is 11.0. The van der Waals surface area contributed by atoms with Gasteiger partial charge >= 0.3 is 0 Å². The van der Waals surface area contributed by atoms with Gasteiger partial charge in [-0.15, -0.1) is 24.0 Å². The zero-order valence-electron chi connectivity index (χ0n) is 15.0. The molecule has 0 saturated carbocycles. The van der Waals surface area contributed by atoms with Crippen LogP contribution in [0.1, 0.15) is 32.3 Å². The number of nitrogens with one attached hydrogen (secondary N) is 1. The Morgan fingerprint density at radius 1 is 1.29 bits per heavy atom. The Hall–Kier alpha value is -0.860. The average molecular weight is 446 g/mol. The largest absolute Gasteiger partial charge is 0.379 e. The minimum atomic E-state index is 0. The Balaban J connectivity index is 0.00000288. The maximum atomic E-state index is 6.02. The zero-order valence-corrected chi connectivity index (χ0v) is 17.3. The molecule has 0 spiro atoms. The highest BCUT2D eigenvalue weighted by Gasteiger charge is 2.13. The maximum absolute atomic E-state index is 6.02. The van der Waals surface area contributed by atoms with Crippen molar-refractivity contribution in [1.82, 2.24) is 4.90 Å². The van der Waals surface area contributed by atoms with Crippen molar-refractivity contribution in [3.05, 3.63) is 29.8 Å². The van der Waals surface area contributed by atoms with Crippen molar-refractivity contribution in [3.63, 3.8) is 0 Å². The molecule has 24 heavy (non-hydrogen) atoms. The number of nitrogens with two attached hydrogens (primary N) is 1. The van der Waals surface area contributed by atoms with Crippen molar-refractivity contribution < 1.29 is 4.74 Å². The van der Waals surface area contributed by atoms with E-state index in [1.54, 1.807) is 0 Å². The molecule has 0 radical (unpaired) electrons. The fourth-order valence-corrected chi connectivity index (χ4v) is 2.70. The van der Waals surface area contributed by atoms with Crippen LogP contribution in [0.4, 0.5) is 5.69 Å². The molecule has 6 heteroatoms. The topological polar surface area (TPSA) is 62.9 Å². The van der Waals surface area contributed by atoms with E-state index in [0.29, 0.717) is 17.8 Å². The monoisotopic (exact) mass is 446 g/mol. The summed E-state index contributed by atoms with van der Waals surface area (Å²) < 4.78 is 5.37. The van der Waals surface area contributed by atoms with Crippen LogP contribution in [0.15, 0.2) is 29.3 Å². The van der Waals surface area contributed by atoms with Gasteiger partial charge in [0.25, 0.3) is 0 Å². The lowest BCUT2D eigenvalue weighted by Gasteiger charge is -2.28. The molecule has 0 aromatic heterocycles. The van der Waals surface area contributed by atoms with Crippen molar-refractivity contribution >= 4 is 35.6 Å². The van der Waals surface area contributed by atoms with Gasteiger partial charge < -0.3 is 15.8 Å². The minimum absolute atomic E-state index is 0. The summed E-state index contributed by atoms with van der Waals surface area (Å²) in [5, 5.41) is 3.19. The molecule has 136 valence electrons. The molecule has 1 saturated heterocycles. The summed E-state index contributed by atoms with van der Waals surface area (Å²) in [5.41, 5.74) is 8.31. The Morgan fingerprint density at radius 3 is 2.67 bits per heavy atom. The highest BCUT2D eigenvalue weighted by atomic mass is 127. The van der Waals surface area contributed by atoms with Crippen molar-refractivity contribution in [2.24, 2.45) is 16.6 Å². The smallest absolute Gasteiger partial charge is 0.193 e. The number of morpholine rings is 1. The summed E-state index contributed by atoms with van der Waals surface area (Å²) in [7, 11) is 0. The van der Waals surface area contributed by atoms with E-state index in [1.165, 1.54) is 5.56 Å². The second kappa shape index (κ2) is 10.9. The number of hydrogen-bond acceptors (Lipinski definition) is 3. The lowest BCUT2D eigenvalue weighted by molar-refractivity contribution is 0.0323. The fourth-order valence-electron chi connectivity index (χ4n) is 2.70. The molecule has 0 amide bonds. The number of halogens is 1. The average Bonchev–Trinajstić information content (AvgIpc) is 2.54. The van der Waals surface area contributed by atoms with Crippen molar-refractivity contribution in [2.75, 3.05) is 44.7 Å². The first-order valence-electron chi connectivity index (χ1n) is 8.51. The third-order valence-electron chi connectivity index (χ3n) is 4.07. The van der Waals surface area contributed by atoms with Crippen molar-refractivity contribution in [2.45, 2.75) is 26.7 Å². The molecular formula is C18H31IN4O. The van der Waals surface area contributed by atoms with Gasteiger partial charge in [-0.05, 0) is 29.5 Å². The molecule has 0 bridgehead atoms. The molecule has 3 N–H and O–H groups in total. The third kappa shape index (κ3) is 7.36. The number of aliphatic imine (C=N–C) groups is 1. The molecule has 1 aromatic rings. The van der Waals surface area contributed by atoms with Crippen LogP contribution in [0, 0.1) is 5.92 Å². The third-order valence-corrected chi connectivity index (χ3v) is 4.07. The molecule has 1 atom stereocenters. The van der Waals surface area contributed by atoms with Crippen LogP contribution in [0.25, 0.3) is 0 Å². The van der Waals surface area contributed by atoms with Crippen LogP contribution >= 0.6 is 24.0 Å². The van der Waals surface area contributed by atoms with Gasteiger partial charge in [-0.3, -0.25) is 9.89 Å². The SMILES string of the molecule is CC(CN=C(N)Nc1cccc(C(C)C)c1)CN1CCOCC1.I. The zero-order chi connectivity index (χ0) is 16.7. The summed E-state index contributed by atoms with van der Waals surface area (Å²) in [6.45, 7) is 12.1. The highest BCUT2D eigenvalue weighted by Crippen LogP contribution is 2.18. The molecule has 1 aliphatic heterocycles. The molecule has 2 rings (SSSR count). The first-order valence-corrected chi connectivity index (χ1v) is 8.51. The lowest BCUT2D eigenvalue weighted by Crippen LogP contribution is -2.39. The van der Waals surface area contributed by atoms with Crippen LogP contribution in [0.5, 0.6) is 0 Å². The molecule has 5 nitrogen and oxygen atoms in total. The number of nitrogens with zero attached hydrogens (tertiary/aromatic N) is 2. The van der Waals surface area contributed by atoms with Gasteiger partial charge in [0, 0.05) is 31.9 Å². The van der Waals surface area contributed by atoms with E-state index in [1.807, 2.05) is 12.1 Å². The molecule has 1 aliphatic rings. The maximum Gasteiger partial charge on any atom is 0.193 e. The quantitative estimate of drug-likeness (QED) is 0.401. The van der Waals surface area contributed by atoms with Gasteiger partial charge in [-0.1, -0.05) is 32.9 Å². The Bertz CT molecular complexity index is 515. The normalized spacial score (nSPS) is 17.4. The van der Waals surface area contributed by atoms with E-state index in [4.69, 9.17) is 10.5 Å². The van der Waals surface area contributed by atoms with E-state index in [-0.39, 0.29) is 24.0 Å². The van der Waals surface area contributed by atoms with Crippen molar-refractivity contribution in [3.8, 4) is 0 Å². The molecule has 1 aromatic carbocycles. The Labute approximate surface area is 163 Å². The Kier molecular flexibility index (Phi) is 9.61. The Morgan fingerprint density at radius 2 is 2.00 bits per heavy atom. The molecule has 1 heterocycles. The predicted molar refractivity (Wildman–Crippen MR) is 112 cm³/mol. The molecule has 1 fully saturated rings. The summed E-state index contributed by atoms with van der Waals surface area (Å²) in [6.07, 6.45) is 0. The van der Waals surface area contributed by atoms with E-state index in [9.17, 15) is 0 Å². The van der Waals surface area contributed by atoms with Gasteiger partial charge in [0.15, 0.2) is 5.96 Å². The van der Waals surface area contributed by atoms with E-state index in [2.05, 4.69) is 48.1 Å². The number of rotatable bonds is 6. The summed E-state index contributed by atoms with van der Waals surface area (Å²) in [6, 6.07) is 8.33. The van der Waals surface area contributed by atoms with Crippen LogP contribution in [0.2, 0.25) is 0 Å². The van der Waals surface area contributed by atoms with E-state index >= 15 is 0 Å². The number of ether oxygens (including phenoxy) is 1. The van der Waals surface area contributed by atoms with Crippen LogP contribution in [-0.4, -0.2) is 50.3 Å². The van der Waals surface area contributed by atoms with Crippen LogP contribution in [-0.2, 0) is 4.74 Å². The van der Waals surface area contributed by atoms with E-state index in [0.717, 1.165) is 45.1 Å². The van der Waals surface area contributed by atoms with Crippen LogP contribution in [0.3, 0.4) is 0 Å². The summed E-state index contributed by atoms with van der Waals surface area (Å²) in [4.78, 5) is 6.91. The molecule has 1 unspecified atom stereocenters. The molecule has 0 aliphatic carbocycles. The number of benzene rings is 1. The standard InChI is InChI=1S/C18H30N4O.HI/c1-14(2)16-5-4-6-17(11-16)21-18(19)20-12-15(3)13-22-7-9-23-10-8-22;/h4-6,11,14-15H,7-10,12-13H2,1-3H3,(H3,19,20,21);1H. The molecular weight excluding hydrogens is 415 g/mol. The van der Waals surface area contributed by atoms with Gasteiger partial charge in [-0.25, -0.2) is 0 Å². The van der Waals surface area contributed by atoms with E-state index < -0.39 is 0 Å². The number of anilines is 1. The highest BCUT2D eigenvalue weighted by molar-refractivity contribution is 14.0. The van der Waals surface area contributed by atoms with Gasteiger partial charge in [0.2, 0.25) is 0 Å². The first kappa shape index (κ1) is 21.2. The number of hydrogen-bond donors (Lipinski definition) is 2. The lowest BCUT2D eigenvalue weighted by atomic mass is 10.0. The number of guanidine groups is 1. The second-order valence-corrected chi connectivity index (χ2v) is 6.65.